The van der Waals surface area contributed by atoms with Crippen LogP contribution in [0.25, 0.3) is 11.3 Å². The fourth-order valence-corrected chi connectivity index (χ4v) is 3.34. The van der Waals surface area contributed by atoms with E-state index in [1.807, 2.05) is 0 Å². The SMILES string of the molecule is CN(C)C(=O)C1CN(CCCCCNC(=O)c2cc(-c3ccc(F)cc3)on2)C1. The van der Waals surface area contributed by atoms with Gasteiger partial charge in [-0.3, -0.25) is 9.59 Å². The third-order valence-electron chi connectivity index (χ3n) is 5.06. The van der Waals surface area contributed by atoms with E-state index in [2.05, 4.69) is 15.4 Å². The van der Waals surface area contributed by atoms with Gasteiger partial charge in [0.25, 0.3) is 5.91 Å². The molecule has 2 heterocycles. The summed E-state index contributed by atoms with van der Waals surface area (Å²) < 4.78 is 18.2. The summed E-state index contributed by atoms with van der Waals surface area (Å²) in [6, 6.07) is 7.37. The number of nitrogens with one attached hydrogen (secondary N) is 1. The predicted octanol–water partition coefficient (Wildman–Crippen LogP) is 2.40. The van der Waals surface area contributed by atoms with Gasteiger partial charge in [0.2, 0.25) is 5.91 Å². The van der Waals surface area contributed by atoms with Crippen LogP contribution in [0, 0.1) is 11.7 Å². The molecule has 2 amide bonds. The molecule has 1 N–H and O–H groups in total. The predicted molar refractivity (Wildman–Crippen MR) is 107 cm³/mol. The molecule has 156 valence electrons. The Balaban J connectivity index is 1.29. The highest BCUT2D eigenvalue weighted by atomic mass is 19.1. The minimum absolute atomic E-state index is 0.145. The minimum Gasteiger partial charge on any atom is -0.355 e. The van der Waals surface area contributed by atoms with Crippen LogP contribution in [0.4, 0.5) is 4.39 Å². The van der Waals surface area contributed by atoms with Crippen molar-refractivity contribution in [3.8, 4) is 11.3 Å². The fraction of sp³-hybridized carbons (Fsp3) is 0.476. The quantitative estimate of drug-likeness (QED) is 0.652. The second-order valence-electron chi connectivity index (χ2n) is 7.59. The summed E-state index contributed by atoms with van der Waals surface area (Å²) >= 11 is 0. The zero-order chi connectivity index (χ0) is 20.8. The van der Waals surface area contributed by atoms with Gasteiger partial charge >= 0.3 is 0 Å². The molecule has 0 saturated carbocycles. The van der Waals surface area contributed by atoms with E-state index in [0.29, 0.717) is 17.9 Å². The summed E-state index contributed by atoms with van der Waals surface area (Å²) in [5.74, 6) is 0.166. The molecule has 1 aromatic heterocycles. The Morgan fingerprint density at radius 1 is 1.21 bits per heavy atom. The van der Waals surface area contributed by atoms with Gasteiger partial charge in [-0.25, -0.2) is 4.39 Å². The van der Waals surface area contributed by atoms with E-state index in [0.717, 1.165) is 38.9 Å². The molecule has 1 aromatic carbocycles. The molecule has 1 saturated heterocycles. The first-order valence-electron chi connectivity index (χ1n) is 9.88. The van der Waals surface area contributed by atoms with Crippen LogP contribution in [0.15, 0.2) is 34.9 Å². The van der Waals surface area contributed by atoms with Crippen molar-refractivity contribution in [3.63, 3.8) is 0 Å². The van der Waals surface area contributed by atoms with Crippen LogP contribution in [0.2, 0.25) is 0 Å². The molecule has 0 spiro atoms. The maximum absolute atomic E-state index is 13.0. The highest BCUT2D eigenvalue weighted by molar-refractivity contribution is 5.93. The Kier molecular flexibility index (Phi) is 6.98. The zero-order valence-electron chi connectivity index (χ0n) is 16.9. The van der Waals surface area contributed by atoms with Crippen molar-refractivity contribution in [2.45, 2.75) is 19.3 Å². The standard InChI is InChI=1S/C21H27FN4O3/c1-25(2)21(28)16-13-26(14-16)11-5-3-4-10-23-20(27)18-12-19(29-24-18)15-6-8-17(22)9-7-15/h6-9,12,16H,3-5,10-11,13-14H2,1-2H3,(H,23,27). The molecule has 1 aliphatic heterocycles. The lowest BCUT2D eigenvalue weighted by molar-refractivity contribution is -0.138. The molecule has 2 aromatic rings. The normalized spacial score (nSPS) is 14.4. The summed E-state index contributed by atoms with van der Waals surface area (Å²) in [6.07, 6.45) is 2.92. The molecule has 0 unspecified atom stereocenters. The third kappa shape index (κ3) is 5.63. The molecular formula is C21H27FN4O3. The van der Waals surface area contributed by atoms with Crippen molar-refractivity contribution < 1.29 is 18.5 Å². The van der Waals surface area contributed by atoms with Crippen molar-refractivity contribution in [2.24, 2.45) is 5.92 Å². The highest BCUT2D eigenvalue weighted by Gasteiger charge is 2.32. The lowest BCUT2D eigenvalue weighted by atomic mass is 9.98. The number of carbonyl (C=O) groups is 2. The minimum atomic E-state index is -0.331. The maximum Gasteiger partial charge on any atom is 0.273 e. The number of benzene rings is 1. The van der Waals surface area contributed by atoms with Gasteiger partial charge in [0.1, 0.15) is 5.82 Å². The summed E-state index contributed by atoms with van der Waals surface area (Å²) in [5.41, 5.74) is 0.875. The number of carbonyl (C=O) groups excluding carboxylic acids is 2. The molecule has 1 fully saturated rings. The molecule has 0 bridgehead atoms. The van der Waals surface area contributed by atoms with Crippen molar-refractivity contribution in [1.29, 1.82) is 0 Å². The van der Waals surface area contributed by atoms with E-state index in [1.165, 1.54) is 12.1 Å². The second-order valence-corrected chi connectivity index (χ2v) is 7.59. The van der Waals surface area contributed by atoms with E-state index in [9.17, 15) is 14.0 Å². The van der Waals surface area contributed by atoms with Crippen LogP contribution in [-0.2, 0) is 4.79 Å². The molecule has 29 heavy (non-hydrogen) atoms. The molecule has 3 rings (SSSR count). The van der Waals surface area contributed by atoms with Gasteiger partial charge in [-0.2, -0.15) is 0 Å². The Morgan fingerprint density at radius 2 is 1.93 bits per heavy atom. The first-order chi connectivity index (χ1) is 13.9. The summed E-state index contributed by atoms with van der Waals surface area (Å²) in [6.45, 7) is 3.24. The van der Waals surface area contributed by atoms with E-state index < -0.39 is 0 Å². The first kappa shape index (κ1) is 21.0. The average Bonchev–Trinajstić information content (AvgIpc) is 3.16. The number of halogens is 1. The number of hydrogen-bond donors (Lipinski definition) is 1. The molecule has 0 aliphatic carbocycles. The highest BCUT2D eigenvalue weighted by Crippen LogP contribution is 2.20. The number of likely N-dealkylation sites (tertiary alicyclic amines) is 1. The van der Waals surface area contributed by atoms with Crippen LogP contribution in [0.1, 0.15) is 29.8 Å². The summed E-state index contributed by atoms with van der Waals surface area (Å²) in [7, 11) is 3.59. The van der Waals surface area contributed by atoms with Gasteiger partial charge in [0, 0.05) is 45.4 Å². The lowest BCUT2D eigenvalue weighted by Crippen LogP contribution is -2.53. The lowest BCUT2D eigenvalue weighted by Gasteiger charge is -2.39. The Hall–Kier alpha value is -2.74. The van der Waals surface area contributed by atoms with E-state index in [1.54, 1.807) is 37.2 Å². The van der Waals surface area contributed by atoms with Crippen LogP contribution < -0.4 is 5.32 Å². The number of unbranched alkanes of at least 4 members (excludes halogenated alkanes) is 2. The van der Waals surface area contributed by atoms with Gasteiger partial charge in [0.15, 0.2) is 11.5 Å². The second kappa shape index (κ2) is 9.65. The van der Waals surface area contributed by atoms with Gasteiger partial charge in [-0.1, -0.05) is 11.6 Å². The van der Waals surface area contributed by atoms with Crippen LogP contribution in [0.5, 0.6) is 0 Å². The molecular weight excluding hydrogens is 375 g/mol. The Bertz CT molecular complexity index is 829. The van der Waals surface area contributed by atoms with Crippen molar-refractivity contribution in [1.82, 2.24) is 20.3 Å². The summed E-state index contributed by atoms with van der Waals surface area (Å²) in [5, 5.41) is 6.63. The van der Waals surface area contributed by atoms with Gasteiger partial charge in [0.05, 0.1) is 5.92 Å². The molecule has 0 radical (unpaired) electrons. The Morgan fingerprint density at radius 3 is 2.62 bits per heavy atom. The van der Waals surface area contributed by atoms with Crippen LogP contribution in [0.3, 0.4) is 0 Å². The van der Waals surface area contributed by atoms with Crippen molar-refractivity contribution >= 4 is 11.8 Å². The fourth-order valence-electron chi connectivity index (χ4n) is 3.34. The van der Waals surface area contributed by atoms with E-state index in [4.69, 9.17) is 4.52 Å². The molecule has 0 atom stereocenters. The molecule has 8 heteroatoms. The smallest absolute Gasteiger partial charge is 0.273 e. The largest absolute Gasteiger partial charge is 0.355 e. The zero-order valence-corrected chi connectivity index (χ0v) is 16.9. The molecule has 7 nitrogen and oxygen atoms in total. The Labute approximate surface area is 169 Å². The monoisotopic (exact) mass is 402 g/mol. The van der Waals surface area contributed by atoms with Gasteiger partial charge in [-0.15, -0.1) is 0 Å². The molecule has 1 aliphatic rings. The number of rotatable bonds is 9. The first-order valence-corrected chi connectivity index (χ1v) is 9.88. The topological polar surface area (TPSA) is 78.7 Å². The summed E-state index contributed by atoms with van der Waals surface area (Å²) in [4.78, 5) is 27.9. The van der Waals surface area contributed by atoms with E-state index >= 15 is 0 Å². The van der Waals surface area contributed by atoms with E-state index in [-0.39, 0.29) is 29.2 Å². The number of aromatic nitrogens is 1. The number of amides is 2. The number of hydrogen-bond acceptors (Lipinski definition) is 5. The third-order valence-corrected chi connectivity index (χ3v) is 5.06. The van der Waals surface area contributed by atoms with Crippen molar-refractivity contribution in [3.05, 3.63) is 41.8 Å². The van der Waals surface area contributed by atoms with Gasteiger partial charge in [-0.05, 0) is 43.7 Å². The van der Waals surface area contributed by atoms with Crippen LogP contribution >= 0.6 is 0 Å². The van der Waals surface area contributed by atoms with Crippen molar-refractivity contribution in [2.75, 3.05) is 40.3 Å². The average molecular weight is 402 g/mol. The maximum atomic E-state index is 13.0. The number of nitrogens with zero attached hydrogens (tertiary/aromatic N) is 3. The van der Waals surface area contributed by atoms with Crippen LogP contribution in [-0.4, -0.2) is 67.0 Å². The van der Waals surface area contributed by atoms with Gasteiger partial charge < -0.3 is 19.6 Å².